The first kappa shape index (κ1) is 11.3. The Kier molecular flexibility index (Phi) is 2.58. The van der Waals surface area contributed by atoms with Gasteiger partial charge in [0.15, 0.2) is 0 Å². The van der Waals surface area contributed by atoms with Crippen molar-refractivity contribution in [3.05, 3.63) is 35.5 Å². The Morgan fingerprint density at radius 2 is 2.22 bits per heavy atom. The second-order valence-electron chi connectivity index (χ2n) is 4.80. The van der Waals surface area contributed by atoms with E-state index in [9.17, 15) is 9.18 Å². The van der Waals surface area contributed by atoms with Gasteiger partial charge in [0.2, 0.25) is 6.17 Å². The summed E-state index contributed by atoms with van der Waals surface area (Å²) in [5.74, 6) is -1.91. The quantitative estimate of drug-likeness (QED) is 0.857. The average molecular weight is 247 g/mol. The third kappa shape index (κ3) is 1.60. The minimum absolute atomic E-state index is 0.543. The van der Waals surface area contributed by atoms with Crippen molar-refractivity contribution in [1.82, 2.24) is 4.98 Å². The maximum Gasteiger partial charge on any atom is 0.338 e. The number of halogens is 1. The lowest BCUT2D eigenvalue weighted by molar-refractivity contribution is -0.143. The lowest BCUT2D eigenvalue weighted by atomic mass is 9.84. The topological polar surface area (TPSA) is 53.1 Å². The number of alkyl halides is 1. The molecule has 2 atom stereocenters. The van der Waals surface area contributed by atoms with Crippen molar-refractivity contribution in [2.45, 2.75) is 31.4 Å². The van der Waals surface area contributed by atoms with Crippen LogP contribution in [0.3, 0.4) is 0 Å². The number of carboxylic acid groups (broad SMARTS) is 1. The number of carbonyl (C=O) groups is 1. The molecule has 0 saturated carbocycles. The van der Waals surface area contributed by atoms with E-state index in [4.69, 9.17) is 5.11 Å². The number of para-hydroxylation sites is 1. The maximum absolute atomic E-state index is 13.8. The number of benzene rings is 1. The third-order valence-corrected chi connectivity index (χ3v) is 3.75. The van der Waals surface area contributed by atoms with E-state index < -0.39 is 18.1 Å². The number of aryl methyl sites for hydroxylation is 1. The van der Waals surface area contributed by atoms with Crippen LogP contribution < -0.4 is 0 Å². The zero-order chi connectivity index (χ0) is 12.7. The molecule has 2 aromatic rings. The second-order valence-corrected chi connectivity index (χ2v) is 4.80. The molecule has 0 amide bonds. The highest BCUT2D eigenvalue weighted by Gasteiger charge is 2.34. The number of hydrogen-bond donors (Lipinski definition) is 2. The van der Waals surface area contributed by atoms with Gasteiger partial charge in [-0.3, -0.25) is 0 Å². The van der Waals surface area contributed by atoms with Crippen LogP contribution in [0.2, 0.25) is 0 Å². The number of hydrogen-bond acceptors (Lipinski definition) is 1. The number of aromatic amines is 1. The van der Waals surface area contributed by atoms with Gasteiger partial charge in [0, 0.05) is 22.5 Å². The zero-order valence-corrected chi connectivity index (χ0v) is 9.82. The molecule has 1 aliphatic rings. The summed E-state index contributed by atoms with van der Waals surface area (Å²) in [6, 6.07) is 7.81. The van der Waals surface area contributed by atoms with E-state index in [1.54, 1.807) is 0 Å². The van der Waals surface area contributed by atoms with Gasteiger partial charge in [-0.25, -0.2) is 9.18 Å². The normalized spacial score (nSPS) is 20.6. The van der Waals surface area contributed by atoms with Crippen molar-refractivity contribution >= 4 is 16.9 Å². The number of fused-ring (bicyclic) bond motifs is 3. The Labute approximate surface area is 104 Å². The summed E-state index contributed by atoms with van der Waals surface area (Å²) in [6.07, 6.45) is 0.500. The summed E-state index contributed by atoms with van der Waals surface area (Å²) >= 11 is 0. The first-order valence-corrected chi connectivity index (χ1v) is 6.15. The van der Waals surface area contributed by atoms with Crippen LogP contribution in [0.5, 0.6) is 0 Å². The molecule has 0 saturated heterocycles. The van der Waals surface area contributed by atoms with E-state index in [1.165, 1.54) is 0 Å². The van der Waals surface area contributed by atoms with Crippen LogP contribution in [0.25, 0.3) is 10.9 Å². The van der Waals surface area contributed by atoms with Crippen molar-refractivity contribution in [2.75, 3.05) is 0 Å². The predicted octanol–water partition coefficient (Wildman–Crippen LogP) is 3.01. The smallest absolute Gasteiger partial charge is 0.338 e. The summed E-state index contributed by atoms with van der Waals surface area (Å²) in [5, 5.41) is 9.94. The summed E-state index contributed by atoms with van der Waals surface area (Å²) in [7, 11) is 0. The van der Waals surface area contributed by atoms with Crippen molar-refractivity contribution in [3.63, 3.8) is 0 Å². The number of aliphatic carboxylic acids is 1. The number of aromatic nitrogens is 1. The van der Waals surface area contributed by atoms with Gasteiger partial charge in [-0.05, 0) is 30.9 Å². The highest BCUT2D eigenvalue weighted by Crippen LogP contribution is 2.38. The molecule has 1 heterocycles. The Morgan fingerprint density at radius 3 is 3.00 bits per heavy atom. The molecule has 0 radical (unpaired) electrons. The van der Waals surface area contributed by atoms with Crippen molar-refractivity contribution in [1.29, 1.82) is 0 Å². The molecule has 94 valence electrons. The van der Waals surface area contributed by atoms with E-state index >= 15 is 0 Å². The molecule has 1 aromatic carbocycles. The molecule has 1 aliphatic carbocycles. The highest BCUT2D eigenvalue weighted by atomic mass is 19.1. The van der Waals surface area contributed by atoms with Crippen LogP contribution in [-0.2, 0) is 11.2 Å². The molecule has 1 aromatic heterocycles. The van der Waals surface area contributed by atoms with Gasteiger partial charge in [-0.1, -0.05) is 18.2 Å². The standard InChI is InChI=1S/C14H14FNO2/c15-12(14(17)18)10-6-3-5-9-8-4-1-2-7-11(8)16-13(9)10/h1-2,4,7,10,12,16H,3,5-6H2,(H,17,18). The van der Waals surface area contributed by atoms with Crippen LogP contribution in [0, 0.1) is 0 Å². The fraction of sp³-hybridized carbons (Fsp3) is 0.357. The van der Waals surface area contributed by atoms with Crippen LogP contribution >= 0.6 is 0 Å². The lowest BCUT2D eigenvalue weighted by Crippen LogP contribution is -2.26. The second kappa shape index (κ2) is 4.12. The van der Waals surface area contributed by atoms with Gasteiger partial charge in [0.1, 0.15) is 0 Å². The van der Waals surface area contributed by atoms with Gasteiger partial charge in [-0.2, -0.15) is 0 Å². The Hall–Kier alpha value is -1.84. The van der Waals surface area contributed by atoms with Gasteiger partial charge in [0.25, 0.3) is 0 Å². The van der Waals surface area contributed by atoms with E-state index in [-0.39, 0.29) is 0 Å². The largest absolute Gasteiger partial charge is 0.479 e. The molecule has 0 aliphatic heterocycles. The highest BCUT2D eigenvalue weighted by molar-refractivity contribution is 5.85. The zero-order valence-electron chi connectivity index (χ0n) is 9.82. The Morgan fingerprint density at radius 1 is 1.44 bits per heavy atom. The molecular formula is C14H14FNO2. The summed E-state index contributed by atoms with van der Waals surface area (Å²) in [4.78, 5) is 14.0. The van der Waals surface area contributed by atoms with Crippen LogP contribution in [0.15, 0.2) is 24.3 Å². The number of rotatable bonds is 2. The molecular weight excluding hydrogens is 233 g/mol. The lowest BCUT2D eigenvalue weighted by Gasteiger charge is -2.23. The van der Waals surface area contributed by atoms with Crippen LogP contribution in [0.4, 0.5) is 4.39 Å². The first-order chi connectivity index (χ1) is 8.68. The fourth-order valence-electron chi connectivity index (χ4n) is 2.91. The molecule has 4 heteroatoms. The Balaban J connectivity index is 2.13. The number of H-pyrrole nitrogens is 1. The monoisotopic (exact) mass is 247 g/mol. The van der Waals surface area contributed by atoms with Gasteiger partial charge in [-0.15, -0.1) is 0 Å². The summed E-state index contributed by atoms with van der Waals surface area (Å²) in [5.41, 5.74) is 2.83. The van der Waals surface area contributed by atoms with Gasteiger partial charge >= 0.3 is 5.97 Å². The molecule has 0 bridgehead atoms. The summed E-state index contributed by atoms with van der Waals surface area (Å²) < 4.78 is 13.8. The molecule has 2 N–H and O–H groups in total. The van der Waals surface area contributed by atoms with E-state index in [0.717, 1.165) is 35.0 Å². The average Bonchev–Trinajstić information content (AvgIpc) is 2.76. The number of nitrogens with one attached hydrogen (secondary N) is 1. The molecule has 3 nitrogen and oxygen atoms in total. The minimum atomic E-state index is -1.82. The SMILES string of the molecule is O=C(O)C(F)C1CCCc2c1[nH]c1ccccc21. The predicted molar refractivity (Wildman–Crippen MR) is 66.5 cm³/mol. The van der Waals surface area contributed by atoms with Gasteiger partial charge < -0.3 is 10.1 Å². The fourth-order valence-corrected chi connectivity index (χ4v) is 2.91. The van der Waals surface area contributed by atoms with Gasteiger partial charge in [0.05, 0.1) is 0 Å². The Bertz CT molecular complexity index is 605. The third-order valence-electron chi connectivity index (χ3n) is 3.75. The van der Waals surface area contributed by atoms with Crippen molar-refractivity contribution in [3.8, 4) is 0 Å². The summed E-state index contributed by atoms with van der Waals surface area (Å²) in [6.45, 7) is 0. The van der Waals surface area contributed by atoms with Crippen molar-refractivity contribution < 1.29 is 14.3 Å². The number of carboxylic acids is 1. The molecule has 2 unspecified atom stereocenters. The van der Waals surface area contributed by atoms with Crippen LogP contribution in [-0.4, -0.2) is 22.2 Å². The van der Waals surface area contributed by atoms with E-state index in [2.05, 4.69) is 4.98 Å². The maximum atomic E-state index is 13.8. The molecule has 0 fully saturated rings. The first-order valence-electron chi connectivity index (χ1n) is 6.15. The van der Waals surface area contributed by atoms with Crippen LogP contribution in [0.1, 0.15) is 30.0 Å². The van der Waals surface area contributed by atoms with E-state index in [1.807, 2.05) is 24.3 Å². The van der Waals surface area contributed by atoms with Crippen molar-refractivity contribution in [2.24, 2.45) is 0 Å². The van der Waals surface area contributed by atoms with E-state index in [0.29, 0.717) is 6.42 Å². The molecule has 0 spiro atoms. The minimum Gasteiger partial charge on any atom is -0.479 e. The molecule has 18 heavy (non-hydrogen) atoms. The molecule has 3 rings (SSSR count).